The Balaban J connectivity index is 2.06. The molecule has 0 atom stereocenters. The largest absolute Gasteiger partial charge is 0.366 e. The van der Waals surface area contributed by atoms with Crippen molar-refractivity contribution in [3.05, 3.63) is 23.9 Å². The summed E-state index contributed by atoms with van der Waals surface area (Å²) in [7, 11) is 0. The molecule has 2 heterocycles. The first kappa shape index (κ1) is 10.3. The van der Waals surface area contributed by atoms with Gasteiger partial charge in [0.15, 0.2) is 0 Å². The zero-order valence-electron chi connectivity index (χ0n) is 8.44. The Kier molecular flexibility index (Phi) is 3.46. The maximum Gasteiger partial charge on any atom is 0.144 e. The molecule has 15 heavy (non-hydrogen) atoms. The first-order valence-corrected chi connectivity index (χ1v) is 6.25. The fourth-order valence-corrected chi connectivity index (χ4v) is 2.75. The lowest BCUT2D eigenvalue weighted by Crippen LogP contribution is -2.25. The van der Waals surface area contributed by atoms with Gasteiger partial charge in [-0.25, -0.2) is 4.98 Å². The number of anilines is 1. The summed E-state index contributed by atoms with van der Waals surface area (Å²) in [6, 6.07) is 6.23. The van der Waals surface area contributed by atoms with Crippen LogP contribution in [0.1, 0.15) is 18.4 Å². The monoisotopic (exact) mass is 219 g/mol. The van der Waals surface area contributed by atoms with Gasteiger partial charge >= 0.3 is 0 Å². The van der Waals surface area contributed by atoms with Crippen LogP contribution in [0.4, 0.5) is 5.82 Å². The fraction of sp³-hybridized carbons (Fsp3) is 0.455. The quantitative estimate of drug-likeness (QED) is 0.829. The van der Waals surface area contributed by atoms with Crippen LogP contribution in [0.5, 0.6) is 0 Å². The topological polar surface area (TPSA) is 48.7 Å². The van der Waals surface area contributed by atoms with Crippen LogP contribution < -0.4 is 5.32 Å². The van der Waals surface area contributed by atoms with Crippen LogP contribution in [0, 0.1) is 11.3 Å². The number of nitrogens with one attached hydrogen (secondary N) is 1. The third-order valence-corrected chi connectivity index (χ3v) is 3.54. The molecule has 1 aliphatic heterocycles. The molecular weight excluding hydrogens is 206 g/mol. The van der Waals surface area contributed by atoms with Crippen LogP contribution in [-0.2, 0) is 0 Å². The van der Waals surface area contributed by atoms with Gasteiger partial charge in [-0.3, -0.25) is 0 Å². The summed E-state index contributed by atoms with van der Waals surface area (Å²) in [5.41, 5.74) is 0.635. The summed E-state index contributed by atoms with van der Waals surface area (Å²) < 4.78 is 0. The van der Waals surface area contributed by atoms with Crippen LogP contribution in [0.2, 0.25) is 0 Å². The van der Waals surface area contributed by atoms with Crippen molar-refractivity contribution in [2.45, 2.75) is 18.9 Å². The number of hydrogen-bond donors (Lipinski definition) is 1. The standard InChI is InChI=1S/C11H13N3S/c12-8-9-2-1-5-13-11(9)14-10-3-6-15-7-4-10/h1-2,5,10H,3-4,6-7H2,(H,13,14). The Morgan fingerprint density at radius 1 is 1.47 bits per heavy atom. The lowest BCUT2D eigenvalue weighted by molar-refractivity contribution is 0.663. The predicted molar refractivity (Wildman–Crippen MR) is 62.9 cm³/mol. The number of thioether (sulfide) groups is 1. The van der Waals surface area contributed by atoms with Crippen LogP contribution >= 0.6 is 11.8 Å². The van der Waals surface area contributed by atoms with E-state index in [1.165, 1.54) is 11.5 Å². The Labute approximate surface area is 93.9 Å². The SMILES string of the molecule is N#Cc1cccnc1NC1CCSCC1. The molecule has 1 saturated heterocycles. The smallest absolute Gasteiger partial charge is 0.144 e. The van der Waals surface area contributed by atoms with Crippen LogP contribution in [0.15, 0.2) is 18.3 Å². The van der Waals surface area contributed by atoms with E-state index >= 15 is 0 Å². The number of rotatable bonds is 2. The molecule has 0 saturated carbocycles. The fourth-order valence-electron chi connectivity index (χ4n) is 1.65. The van der Waals surface area contributed by atoms with Crippen LogP contribution in [0.3, 0.4) is 0 Å². The Morgan fingerprint density at radius 3 is 3.00 bits per heavy atom. The van der Waals surface area contributed by atoms with Crippen molar-refractivity contribution in [3.63, 3.8) is 0 Å². The van der Waals surface area contributed by atoms with Crippen molar-refractivity contribution in [3.8, 4) is 6.07 Å². The van der Waals surface area contributed by atoms with E-state index in [0.717, 1.165) is 18.7 Å². The highest BCUT2D eigenvalue weighted by Gasteiger charge is 2.14. The van der Waals surface area contributed by atoms with Crippen molar-refractivity contribution < 1.29 is 0 Å². The van der Waals surface area contributed by atoms with Crippen molar-refractivity contribution in [2.75, 3.05) is 16.8 Å². The molecule has 0 aromatic carbocycles. The molecule has 0 aliphatic carbocycles. The van der Waals surface area contributed by atoms with E-state index in [1.807, 2.05) is 11.8 Å². The molecule has 3 nitrogen and oxygen atoms in total. The van der Waals surface area contributed by atoms with Gasteiger partial charge in [-0.05, 0) is 36.5 Å². The first-order valence-electron chi connectivity index (χ1n) is 5.09. The summed E-state index contributed by atoms with van der Waals surface area (Å²) in [6.45, 7) is 0. The second kappa shape index (κ2) is 5.04. The van der Waals surface area contributed by atoms with Crippen molar-refractivity contribution in [2.24, 2.45) is 0 Å². The van der Waals surface area contributed by atoms with E-state index in [1.54, 1.807) is 18.3 Å². The van der Waals surface area contributed by atoms with E-state index < -0.39 is 0 Å². The Hall–Kier alpha value is -1.21. The molecule has 2 rings (SSSR count). The molecule has 1 aromatic rings. The minimum Gasteiger partial charge on any atom is -0.366 e. The molecule has 1 fully saturated rings. The van der Waals surface area contributed by atoms with Crippen molar-refractivity contribution in [1.82, 2.24) is 4.98 Å². The molecular formula is C11H13N3S. The van der Waals surface area contributed by atoms with Crippen molar-refractivity contribution in [1.29, 1.82) is 5.26 Å². The third-order valence-electron chi connectivity index (χ3n) is 2.49. The molecule has 1 N–H and O–H groups in total. The van der Waals surface area contributed by atoms with E-state index in [2.05, 4.69) is 16.4 Å². The Bertz CT molecular complexity index is 366. The maximum atomic E-state index is 8.91. The molecule has 78 valence electrons. The molecule has 0 amide bonds. The lowest BCUT2D eigenvalue weighted by Gasteiger charge is -2.23. The summed E-state index contributed by atoms with van der Waals surface area (Å²) in [5, 5.41) is 12.3. The molecule has 0 unspecified atom stereocenters. The molecule has 1 aliphatic rings. The van der Waals surface area contributed by atoms with Crippen LogP contribution in [-0.4, -0.2) is 22.5 Å². The second-order valence-corrected chi connectivity index (χ2v) is 4.77. The molecule has 0 radical (unpaired) electrons. The van der Waals surface area contributed by atoms with Gasteiger partial charge in [0, 0.05) is 12.2 Å². The average molecular weight is 219 g/mol. The minimum absolute atomic E-state index is 0.480. The normalized spacial score (nSPS) is 17.0. The van der Waals surface area contributed by atoms with Gasteiger partial charge in [0.1, 0.15) is 11.9 Å². The predicted octanol–water partition coefficient (Wildman–Crippen LogP) is 2.26. The Morgan fingerprint density at radius 2 is 2.27 bits per heavy atom. The highest BCUT2D eigenvalue weighted by molar-refractivity contribution is 7.99. The zero-order valence-corrected chi connectivity index (χ0v) is 9.26. The van der Waals surface area contributed by atoms with Gasteiger partial charge in [0.05, 0.1) is 5.56 Å². The highest BCUT2D eigenvalue weighted by Crippen LogP contribution is 2.21. The van der Waals surface area contributed by atoms with Gasteiger partial charge in [0.2, 0.25) is 0 Å². The van der Waals surface area contributed by atoms with E-state index in [-0.39, 0.29) is 0 Å². The summed E-state index contributed by atoms with van der Waals surface area (Å²) in [6.07, 6.45) is 4.04. The van der Waals surface area contributed by atoms with E-state index in [9.17, 15) is 0 Å². The maximum absolute atomic E-state index is 8.91. The molecule has 4 heteroatoms. The molecule has 1 aromatic heterocycles. The van der Waals surface area contributed by atoms with E-state index in [0.29, 0.717) is 11.6 Å². The summed E-state index contributed by atoms with van der Waals surface area (Å²) >= 11 is 1.99. The zero-order chi connectivity index (χ0) is 10.5. The number of hydrogen-bond acceptors (Lipinski definition) is 4. The summed E-state index contributed by atoms with van der Waals surface area (Å²) in [5.74, 6) is 3.13. The van der Waals surface area contributed by atoms with Gasteiger partial charge in [-0.15, -0.1) is 0 Å². The third kappa shape index (κ3) is 2.63. The van der Waals surface area contributed by atoms with E-state index in [4.69, 9.17) is 5.26 Å². The van der Waals surface area contributed by atoms with Gasteiger partial charge < -0.3 is 5.32 Å². The average Bonchev–Trinajstić information content (AvgIpc) is 2.31. The molecule has 0 spiro atoms. The van der Waals surface area contributed by atoms with Crippen molar-refractivity contribution >= 4 is 17.6 Å². The number of pyridine rings is 1. The second-order valence-electron chi connectivity index (χ2n) is 3.54. The number of aromatic nitrogens is 1. The number of nitrogens with zero attached hydrogens (tertiary/aromatic N) is 2. The van der Waals surface area contributed by atoms with Gasteiger partial charge in [0.25, 0.3) is 0 Å². The van der Waals surface area contributed by atoms with Crippen LogP contribution in [0.25, 0.3) is 0 Å². The number of nitriles is 1. The molecule has 0 bridgehead atoms. The summed E-state index contributed by atoms with van der Waals surface area (Å²) in [4.78, 5) is 4.20. The lowest BCUT2D eigenvalue weighted by atomic mass is 10.1. The van der Waals surface area contributed by atoms with Gasteiger partial charge in [-0.2, -0.15) is 17.0 Å². The highest BCUT2D eigenvalue weighted by atomic mass is 32.2. The first-order chi connectivity index (χ1) is 7.40. The minimum atomic E-state index is 0.480. The van der Waals surface area contributed by atoms with Gasteiger partial charge in [-0.1, -0.05) is 0 Å².